The van der Waals surface area contributed by atoms with E-state index >= 15 is 0 Å². The summed E-state index contributed by atoms with van der Waals surface area (Å²) >= 11 is 0. The molecule has 0 amide bonds. The zero-order valence-corrected chi connectivity index (χ0v) is 31.6. The van der Waals surface area contributed by atoms with Crippen molar-refractivity contribution in [3.63, 3.8) is 0 Å². The van der Waals surface area contributed by atoms with Crippen molar-refractivity contribution in [2.75, 3.05) is 26.6 Å². The average molecular weight is 743 g/mol. The molecule has 0 spiro atoms. The van der Waals surface area contributed by atoms with E-state index in [9.17, 15) is 5.02 Å². The predicted molar refractivity (Wildman–Crippen MR) is 218 cm³/mol. The predicted octanol–water partition coefficient (Wildman–Crippen LogP) is 8.67. The van der Waals surface area contributed by atoms with Gasteiger partial charge >= 0.3 is 14.2 Å². The first-order valence-electron chi connectivity index (χ1n) is 18.1. The molecule has 1 N–H and O–H groups in total. The molecule has 0 radical (unpaired) electrons. The lowest BCUT2D eigenvalue weighted by atomic mass is 9.76. The highest BCUT2D eigenvalue weighted by atomic mass is 16.7. The van der Waals surface area contributed by atoms with Crippen LogP contribution in [0.4, 0.5) is 0 Å². The molecule has 292 valence electrons. The Balaban J connectivity index is 0.000000266. The minimum atomic E-state index is -0.798. The molecular weight excluding hydrogens is 682 g/mol. The number of benzene rings is 4. The molecule has 0 unspecified atom stereocenters. The fourth-order valence-electron chi connectivity index (χ4n) is 5.53. The van der Waals surface area contributed by atoms with E-state index < -0.39 is 25.4 Å². The van der Waals surface area contributed by atoms with E-state index in [4.69, 9.17) is 37.6 Å². The fraction of sp³-hybridized carbons (Fsp3) is 0.442. The van der Waals surface area contributed by atoms with Crippen LogP contribution < -0.4 is 20.4 Å². The Kier molecular flexibility index (Phi) is 17.3. The van der Waals surface area contributed by atoms with Crippen LogP contribution in [0.25, 0.3) is 0 Å². The number of ether oxygens (including phenoxy) is 5. The molecule has 0 atom stereocenters. The van der Waals surface area contributed by atoms with Gasteiger partial charge in [0.2, 0.25) is 0 Å². The van der Waals surface area contributed by atoms with E-state index in [1.165, 1.54) is 24.0 Å². The second kappa shape index (κ2) is 20.9. The molecule has 11 heteroatoms. The van der Waals surface area contributed by atoms with Gasteiger partial charge in [-0.05, 0) is 132 Å². The second-order valence-corrected chi connectivity index (χ2v) is 14.1. The van der Waals surface area contributed by atoms with Crippen molar-refractivity contribution < 1.29 is 42.7 Å². The van der Waals surface area contributed by atoms with Crippen LogP contribution in [0.15, 0.2) is 84.9 Å². The van der Waals surface area contributed by atoms with Crippen LogP contribution in [0.3, 0.4) is 0 Å². The Hall–Kier alpha value is -3.67. The van der Waals surface area contributed by atoms with Crippen molar-refractivity contribution in [2.45, 2.75) is 101 Å². The van der Waals surface area contributed by atoms with E-state index in [1.807, 2.05) is 126 Å². The smallest absolute Gasteiger partial charge is 0.457 e. The summed E-state index contributed by atoms with van der Waals surface area (Å²) < 4.78 is 45.4. The van der Waals surface area contributed by atoms with Crippen molar-refractivity contribution in [2.24, 2.45) is 0 Å². The molecule has 4 aromatic carbocycles. The minimum absolute atomic E-state index is 0. The Labute approximate surface area is 324 Å². The van der Waals surface area contributed by atoms with Gasteiger partial charge in [-0.2, -0.15) is 0 Å². The molecule has 3 aliphatic rings. The van der Waals surface area contributed by atoms with E-state index in [-0.39, 0.29) is 21.6 Å². The molecule has 2 saturated heterocycles. The molecular formula is C43H60B2O9. The summed E-state index contributed by atoms with van der Waals surface area (Å²) in [4.78, 5) is 0. The lowest BCUT2D eigenvalue weighted by Gasteiger charge is -2.32. The van der Waals surface area contributed by atoms with Crippen LogP contribution in [0.1, 0.15) is 84.6 Å². The van der Waals surface area contributed by atoms with Gasteiger partial charge in [-0.25, -0.2) is 0 Å². The Bertz CT molecular complexity index is 1680. The Morgan fingerprint density at radius 3 is 1.67 bits per heavy atom. The number of fused-ring (bicyclic) bond motifs is 1. The van der Waals surface area contributed by atoms with Crippen molar-refractivity contribution in [3.05, 3.63) is 107 Å². The van der Waals surface area contributed by atoms with Gasteiger partial charge in [0.15, 0.2) is 0 Å². The maximum atomic E-state index is 9.53. The van der Waals surface area contributed by atoms with Crippen LogP contribution in [0.5, 0.6) is 23.0 Å². The maximum Gasteiger partial charge on any atom is 0.495 e. The third-order valence-electron chi connectivity index (χ3n) is 9.37. The second-order valence-electron chi connectivity index (χ2n) is 14.1. The van der Waals surface area contributed by atoms with Crippen molar-refractivity contribution in [1.82, 2.24) is 0 Å². The lowest BCUT2D eigenvalue weighted by molar-refractivity contribution is -0.0570. The highest BCUT2D eigenvalue weighted by Crippen LogP contribution is 2.37. The van der Waals surface area contributed by atoms with Gasteiger partial charge < -0.3 is 42.7 Å². The monoisotopic (exact) mass is 742 g/mol. The molecule has 0 aromatic heterocycles. The molecule has 0 bridgehead atoms. The minimum Gasteiger partial charge on any atom is -0.457 e. The quantitative estimate of drug-likeness (QED) is 0.0974. The molecule has 7 rings (SSSR count). The van der Waals surface area contributed by atoms with E-state index in [0.717, 1.165) is 58.3 Å². The van der Waals surface area contributed by atoms with Gasteiger partial charge in [0, 0.05) is 19.8 Å². The summed E-state index contributed by atoms with van der Waals surface area (Å²) in [6, 6.07) is 27.4. The normalized spacial score (nSPS) is 16.1. The summed E-state index contributed by atoms with van der Waals surface area (Å²) in [7, 11) is -1.26. The summed E-state index contributed by atoms with van der Waals surface area (Å²) in [5, 5.41) is 9.53. The highest BCUT2D eigenvalue weighted by molar-refractivity contribution is 6.62. The van der Waals surface area contributed by atoms with E-state index in [1.54, 1.807) is 0 Å². The average Bonchev–Trinajstić information content (AvgIpc) is 3.87. The Morgan fingerprint density at radius 1 is 0.667 bits per heavy atom. The van der Waals surface area contributed by atoms with Gasteiger partial charge in [-0.1, -0.05) is 62.4 Å². The number of hydrogen-bond donors (Lipinski definition) is 1. The highest BCUT2D eigenvalue weighted by Gasteiger charge is 2.52. The maximum absolute atomic E-state index is 9.53. The molecule has 54 heavy (non-hydrogen) atoms. The third-order valence-corrected chi connectivity index (χ3v) is 9.37. The van der Waals surface area contributed by atoms with Crippen LogP contribution in [-0.2, 0) is 41.4 Å². The molecule has 3 aliphatic heterocycles. The molecule has 3 heterocycles. The molecule has 2 fully saturated rings. The van der Waals surface area contributed by atoms with Crippen LogP contribution in [0.2, 0.25) is 0 Å². The van der Waals surface area contributed by atoms with E-state index in [0.29, 0.717) is 19.8 Å². The van der Waals surface area contributed by atoms with Gasteiger partial charge in [0.25, 0.3) is 0 Å². The van der Waals surface area contributed by atoms with Gasteiger partial charge in [0.05, 0.1) is 24.4 Å². The third kappa shape index (κ3) is 12.4. The van der Waals surface area contributed by atoms with Gasteiger partial charge in [-0.3, -0.25) is 0 Å². The summed E-state index contributed by atoms with van der Waals surface area (Å²) in [6.45, 7) is 17.9. The number of aryl methyl sites for hydroxylation is 2. The Morgan fingerprint density at radius 2 is 1.17 bits per heavy atom. The zero-order valence-electron chi connectivity index (χ0n) is 31.6. The standard InChI is InChI=1S/C23H31BO5.C14H13BO3.C4H8O.2CH4/c1-7-25-16-26-15-18-14-20(27-19-10-8-17(2)9-11-19)12-13-21(18)24-28-22(3,4)23(5,6)29-24;1-10-2-4-12(5-3-10)18-13-6-7-14-11(8-13)9-17-15(14)16;1-2-4-5-3-1;;/h8-14H,7,15-16H2,1-6H3;2-8,16H,9H2,1H3;1-4H2;2*1H4. The summed E-state index contributed by atoms with van der Waals surface area (Å²) in [6.07, 6.45) is 2.56. The summed E-state index contributed by atoms with van der Waals surface area (Å²) in [5.41, 5.74) is 5.28. The first-order chi connectivity index (χ1) is 24.9. The van der Waals surface area contributed by atoms with E-state index in [2.05, 4.69) is 6.92 Å². The molecule has 0 aliphatic carbocycles. The fourth-order valence-corrected chi connectivity index (χ4v) is 5.53. The molecule has 0 saturated carbocycles. The van der Waals surface area contributed by atoms with Crippen LogP contribution in [0, 0.1) is 13.8 Å². The number of hydrogen-bond acceptors (Lipinski definition) is 9. The largest absolute Gasteiger partial charge is 0.495 e. The SMILES string of the molecule is C.C.C1CCOC1.CCOCOCc1cc(Oc2ccc(C)cc2)ccc1B1OC(C)(C)C(C)(C)O1.Cc1ccc(Oc2ccc3c(c2)COB3O)cc1. The van der Waals surface area contributed by atoms with Crippen LogP contribution in [-0.4, -0.2) is 57.1 Å². The molecule has 9 nitrogen and oxygen atoms in total. The first-order valence-corrected chi connectivity index (χ1v) is 18.1. The topological polar surface area (TPSA) is 94.1 Å². The first kappa shape index (κ1) is 44.7. The van der Waals surface area contributed by atoms with Crippen molar-refractivity contribution in [1.29, 1.82) is 0 Å². The summed E-state index contributed by atoms with van der Waals surface area (Å²) in [5.74, 6) is 3.10. The van der Waals surface area contributed by atoms with Crippen molar-refractivity contribution in [3.8, 4) is 23.0 Å². The van der Waals surface area contributed by atoms with Gasteiger partial charge in [-0.15, -0.1) is 0 Å². The number of rotatable bonds is 10. The molecule has 4 aromatic rings. The van der Waals surface area contributed by atoms with Crippen LogP contribution >= 0.6 is 0 Å². The zero-order chi connectivity index (χ0) is 37.1. The van der Waals surface area contributed by atoms with Gasteiger partial charge in [0.1, 0.15) is 29.8 Å². The van der Waals surface area contributed by atoms with Crippen molar-refractivity contribution >= 4 is 25.2 Å². The lowest BCUT2D eigenvalue weighted by Crippen LogP contribution is -2.41.